The SMILES string of the molecule is COc1cc(C(=O)N2CC3CCC2C3)cc2nc(-c3cc4ccc(-c5cc(F)c6c(c5)CC(=O)N6)cc4n3CC3CC3)n(C)c12. The molecule has 2 unspecified atom stereocenters. The van der Waals surface area contributed by atoms with Crippen LogP contribution in [0.25, 0.3) is 44.6 Å². The van der Waals surface area contributed by atoms with Gasteiger partial charge in [0.25, 0.3) is 5.91 Å². The number of aromatic nitrogens is 3. The van der Waals surface area contributed by atoms with E-state index in [0.717, 1.165) is 70.5 Å². The maximum absolute atomic E-state index is 15.0. The number of carbonyl (C=O) groups excluding carboxylic acids is 2. The van der Waals surface area contributed by atoms with Crippen molar-refractivity contribution in [1.29, 1.82) is 0 Å². The zero-order valence-electron chi connectivity index (χ0n) is 25.4. The molecule has 2 saturated carbocycles. The Bertz CT molecular complexity index is 2090. The van der Waals surface area contributed by atoms with E-state index in [4.69, 9.17) is 9.72 Å². The van der Waals surface area contributed by atoms with Gasteiger partial charge in [-0.15, -0.1) is 0 Å². The van der Waals surface area contributed by atoms with E-state index in [1.807, 2.05) is 36.2 Å². The van der Waals surface area contributed by atoms with Gasteiger partial charge >= 0.3 is 0 Å². The van der Waals surface area contributed by atoms with Crippen LogP contribution in [0, 0.1) is 17.7 Å². The highest BCUT2D eigenvalue weighted by atomic mass is 19.1. The van der Waals surface area contributed by atoms with Crippen LogP contribution < -0.4 is 10.1 Å². The average Bonchev–Trinajstić information content (AvgIpc) is 3.41. The van der Waals surface area contributed by atoms with Crippen LogP contribution in [0.5, 0.6) is 5.75 Å². The molecule has 3 fully saturated rings. The number of fused-ring (bicyclic) bond motifs is 5. The van der Waals surface area contributed by atoms with Crippen LogP contribution in [-0.2, 0) is 24.8 Å². The number of hydrogen-bond donors (Lipinski definition) is 1. The number of nitrogens with one attached hydrogen (secondary N) is 1. The van der Waals surface area contributed by atoms with Crippen molar-refractivity contribution in [1.82, 2.24) is 19.0 Å². The number of benzene rings is 3. The van der Waals surface area contributed by atoms with E-state index in [1.165, 1.54) is 25.3 Å². The topological polar surface area (TPSA) is 81.4 Å². The third-order valence-corrected chi connectivity index (χ3v) is 10.5. The molecule has 1 saturated heterocycles. The number of hydrogen-bond acceptors (Lipinski definition) is 4. The number of halogens is 1. The van der Waals surface area contributed by atoms with E-state index >= 15 is 0 Å². The average molecular weight is 604 g/mol. The minimum Gasteiger partial charge on any atom is -0.494 e. The summed E-state index contributed by atoms with van der Waals surface area (Å²) in [7, 11) is 3.65. The summed E-state index contributed by atoms with van der Waals surface area (Å²) in [5.74, 6) is 2.14. The smallest absolute Gasteiger partial charge is 0.254 e. The standard InChI is InChI=1S/C36H34FN5O3/c1-40-34-28(12-25(15-31(34)45-2)36(44)41-18-20-5-8-26(41)9-20)38-35(40)30-14-22-7-6-21(13-29(22)42(30)17-19-3-4-19)23-10-24-16-32(43)39-33(24)27(37)11-23/h6-7,10-15,19-20,26H,3-5,8-9,16-18H2,1-2H3,(H,39,43). The predicted octanol–water partition coefficient (Wildman–Crippen LogP) is 6.54. The predicted molar refractivity (Wildman–Crippen MR) is 171 cm³/mol. The van der Waals surface area contributed by atoms with E-state index in [9.17, 15) is 14.0 Å². The Morgan fingerprint density at radius 2 is 1.93 bits per heavy atom. The first kappa shape index (κ1) is 26.7. The number of likely N-dealkylation sites (tertiary alicyclic amines) is 1. The number of methoxy groups -OCH3 is 1. The summed E-state index contributed by atoms with van der Waals surface area (Å²) in [5.41, 5.74) is 6.90. The van der Waals surface area contributed by atoms with Crippen molar-refractivity contribution in [2.45, 2.75) is 51.1 Å². The van der Waals surface area contributed by atoms with Gasteiger partial charge in [-0.1, -0.05) is 12.1 Å². The number of imidazole rings is 1. The van der Waals surface area contributed by atoms with Crippen molar-refractivity contribution in [3.63, 3.8) is 0 Å². The van der Waals surface area contributed by atoms with Gasteiger partial charge in [-0.3, -0.25) is 9.59 Å². The lowest BCUT2D eigenvalue weighted by Gasteiger charge is -2.27. The van der Waals surface area contributed by atoms with Gasteiger partial charge < -0.3 is 24.1 Å². The second kappa shape index (κ2) is 9.67. The summed E-state index contributed by atoms with van der Waals surface area (Å²) in [4.78, 5) is 32.7. The molecule has 9 rings (SSSR count). The maximum atomic E-state index is 15.0. The Kier molecular flexibility index (Phi) is 5.74. The van der Waals surface area contributed by atoms with Crippen molar-refractivity contribution in [2.75, 3.05) is 19.0 Å². The van der Waals surface area contributed by atoms with Crippen LogP contribution in [0.3, 0.4) is 0 Å². The lowest BCUT2D eigenvalue weighted by molar-refractivity contribution is -0.115. The van der Waals surface area contributed by atoms with E-state index in [1.54, 1.807) is 7.11 Å². The highest BCUT2D eigenvalue weighted by molar-refractivity contribution is 6.01. The second-order valence-corrected chi connectivity index (χ2v) is 13.4. The Morgan fingerprint density at radius 3 is 2.69 bits per heavy atom. The van der Waals surface area contributed by atoms with Gasteiger partial charge in [0, 0.05) is 42.6 Å². The molecule has 3 aromatic carbocycles. The number of piperidine rings is 1. The Labute approximate surface area is 259 Å². The Balaban J connectivity index is 1.16. The van der Waals surface area contributed by atoms with E-state index in [-0.39, 0.29) is 18.2 Å². The van der Waals surface area contributed by atoms with Gasteiger partial charge in [0.2, 0.25) is 5.91 Å². The molecule has 2 aliphatic heterocycles. The van der Waals surface area contributed by atoms with Crippen LogP contribution >= 0.6 is 0 Å². The monoisotopic (exact) mass is 603 g/mol. The van der Waals surface area contributed by atoms with Crippen molar-refractivity contribution in [2.24, 2.45) is 18.9 Å². The van der Waals surface area contributed by atoms with E-state index in [0.29, 0.717) is 40.4 Å². The van der Waals surface area contributed by atoms with E-state index < -0.39 is 5.82 Å². The number of rotatable bonds is 6. The third kappa shape index (κ3) is 4.20. The third-order valence-electron chi connectivity index (χ3n) is 10.5. The summed E-state index contributed by atoms with van der Waals surface area (Å²) in [6, 6.07) is 15.9. The van der Waals surface area contributed by atoms with Gasteiger partial charge in [-0.2, -0.15) is 0 Å². The van der Waals surface area contributed by atoms with Crippen LogP contribution in [0.4, 0.5) is 10.1 Å². The molecule has 2 bridgehead atoms. The molecule has 8 nitrogen and oxygen atoms in total. The Hall–Kier alpha value is -4.66. The quantitative estimate of drug-likeness (QED) is 0.239. The van der Waals surface area contributed by atoms with Gasteiger partial charge in [0.15, 0.2) is 5.82 Å². The van der Waals surface area contributed by atoms with Crippen LogP contribution in [0.15, 0.2) is 48.5 Å². The maximum Gasteiger partial charge on any atom is 0.254 e. The van der Waals surface area contributed by atoms with Gasteiger partial charge in [0.1, 0.15) is 17.1 Å². The number of anilines is 1. The summed E-state index contributed by atoms with van der Waals surface area (Å²) >= 11 is 0. The number of ether oxygens (including phenoxy) is 1. The molecule has 2 aromatic heterocycles. The molecule has 9 heteroatoms. The first-order chi connectivity index (χ1) is 21.8. The molecule has 2 aliphatic carbocycles. The largest absolute Gasteiger partial charge is 0.494 e. The number of carbonyl (C=O) groups is 2. The van der Waals surface area contributed by atoms with Crippen LogP contribution in [-0.4, -0.2) is 50.5 Å². The van der Waals surface area contributed by atoms with Crippen LogP contribution in [0.1, 0.15) is 48.0 Å². The van der Waals surface area contributed by atoms with Gasteiger partial charge in [-0.25, -0.2) is 9.37 Å². The highest BCUT2D eigenvalue weighted by Gasteiger charge is 2.40. The molecule has 228 valence electrons. The molecule has 0 spiro atoms. The fourth-order valence-corrected chi connectivity index (χ4v) is 8.00. The first-order valence-electron chi connectivity index (χ1n) is 16.0. The molecule has 5 aromatic rings. The normalized spacial score (nSPS) is 20.4. The van der Waals surface area contributed by atoms with Crippen LogP contribution in [0.2, 0.25) is 0 Å². The lowest BCUT2D eigenvalue weighted by Crippen LogP contribution is -2.37. The van der Waals surface area contributed by atoms with Crippen molar-refractivity contribution in [3.8, 4) is 28.4 Å². The molecule has 1 N–H and O–H groups in total. The number of nitrogens with zero attached hydrogens (tertiary/aromatic N) is 4. The van der Waals surface area contributed by atoms with Crippen molar-refractivity contribution >= 4 is 39.4 Å². The highest BCUT2D eigenvalue weighted by Crippen LogP contribution is 2.41. The molecular formula is C36H34FN5O3. The lowest BCUT2D eigenvalue weighted by atomic mass is 10.0. The summed E-state index contributed by atoms with van der Waals surface area (Å²) < 4.78 is 25.2. The number of aryl methyl sites for hydroxylation is 1. The number of amides is 2. The van der Waals surface area contributed by atoms with Crippen molar-refractivity contribution < 1.29 is 18.7 Å². The fraction of sp³-hybridized carbons (Fsp3) is 0.361. The zero-order chi connectivity index (χ0) is 30.6. The van der Waals surface area contributed by atoms with E-state index in [2.05, 4.69) is 32.7 Å². The fourth-order valence-electron chi connectivity index (χ4n) is 8.00. The molecule has 4 aliphatic rings. The van der Waals surface area contributed by atoms with Gasteiger partial charge in [0.05, 0.1) is 30.4 Å². The summed E-state index contributed by atoms with van der Waals surface area (Å²) in [6.07, 6.45) is 6.00. The zero-order valence-corrected chi connectivity index (χ0v) is 25.4. The molecule has 2 amide bonds. The molecule has 45 heavy (non-hydrogen) atoms. The molecule has 2 atom stereocenters. The first-order valence-corrected chi connectivity index (χ1v) is 16.0. The van der Waals surface area contributed by atoms with Crippen molar-refractivity contribution in [3.05, 3.63) is 65.5 Å². The minimum absolute atomic E-state index is 0.0631. The van der Waals surface area contributed by atoms with Gasteiger partial charge in [-0.05, 0) is 97.0 Å². The molecule has 4 heterocycles. The molecule has 0 radical (unpaired) electrons. The molecular weight excluding hydrogens is 569 g/mol. The Morgan fingerprint density at radius 1 is 1.07 bits per heavy atom. The minimum atomic E-state index is -0.411. The summed E-state index contributed by atoms with van der Waals surface area (Å²) in [5, 5.41) is 3.71. The summed E-state index contributed by atoms with van der Waals surface area (Å²) in [6.45, 7) is 1.70. The second-order valence-electron chi connectivity index (χ2n) is 13.4.